The number of carbonyl (C=O) groups is 1. The van der Waals surface area contributed by atoms with Crippen LogP contribution in [0.3, 0.4) is 0 Å². The van der Waals surface area contributed by atoms with Crippen molar-refractivity contribution in [2.75, 3.05) is 7.11 Å². The first-order valence-corrected chi connectivity index (χ1v) is 6.04. The van der Waals surface area contributed by atoms with Crippen LogP contribution in [0, 0.1) is 0 Å². The Hall–Kier alpha value is -1.35. The van der Waals surface area contributed by atoms with Crippen LogP contribution in [0.5, 0.6) is 5.75 Å². The highest BCUT2D eigenvalue weighted by Gasteiger charge is 2.19. The number of ether oxygens (including phenoxy) is 2. The Labute approximate surface area is 102 Å². The molecule has 0 saturated heterocycles. The summed E-state index contributed by atoms with van der Waals surface area (Å²) in [6, 6.07) is 7.82. The summed E-state index contributed by atoms with van der Waals surface area (Å²) in [5, 5.41) is 0. The first-order chi connectivity index (χ1) is 8.28. The van der Waals surface area contributed by atoms with E-state index in [1.165, 1.54) is 0 Å². The third kappa shape index (κ3) is 3.56. The normalized spacial score (nSPS) is 20.3. The number of ketones is 1. The molecule has 92 valence electrons. The van der Waals surface area contributed by atoms with Crippen LogP contribution in [0.2, 0.25) is 0 Å². The van der Waals surface area contributed by atoms with E-state index in [1.54, 1.807) is 7.11 Å². The molecule has 0 heterocycles. The van der Waals surface area contributed by atoms with Crippen LogP contribution in [0.4, 0.5) is 0 Å². The van der Waals surface area contributed by atoms with Gasteiger partial charge in [-0.25, -0.2) is 0 Å². The third-order valence-electron chi connectivity index (χ3n) is 3.08. The van der Waals surface area contributed by atoms with Gasteiger partial charge in [0, 0.05) is 12.8 Å². The number of carbonyl (C=O) groups excluding carboxylic acids is 1. The summed E-state index contributed by atoms with van der Waals surface area (Å²) in [6.45, 7) is 0.571. The lowest BCUT2D eigenvalue weighted by Crippen LogP contribution is -2.22. The van der Waals surface area contributed by atoms with Gasteiger partial charge >= 0.3 is 0 Å². The van der Waals surface area contributed by atoms with E-state index in [9.17, 15) is 4.79 Å². The topological polar surface area (TPSA) is 35.5 Å². The fourth-order valence-corrected chi connectivity index (χ4v) is 2.06. The second kappa shape index (κ2) is 5.82. The largest absolute Gasteiger partial charge is 0.497 e. The lowest BCUT2D eigenvalue weighted by atomic mass is 9.96. The van der Waals surface area contributed by atoms with E-state index < -0.39 is 0 Å². The molecule has 1 aliphatic carbocycles. The van der Waals surface area contributed by atoms with Gasteiger partial charge in [0.15, 0.2) is 0 Å². The predicted molar refractivity (Wildman–Crippen MR) is 65.0 cm³/mol. The molecule has 3 nitrogen and oxygen atoms in total. The Balaban J connectivity index is 1.82. The van der Waals surface area contributed by atoms with E-state index in [-0.39, 0.29) is 6.10 Å². The molecular weight excluding hydrogens is 216 g/mol. The highest BCUT2D eigenvalue weighted by Crippen LogP contribution is 2.19. The molecular formula is C14H18O3. The number of rotatable bonds is 4. The number of hydrogen-bond acceptors (Lipinski definition) is 3. The minimum atomic E-state index is 0.110. The van der Waals surface area contributed by atoms with E-state index in [2.05, 4.69) is 0 Å². The lowest BCUT2D eigenvalue weighted by Gasteiger charge is -2.21. The van der Waals surface area contributed by atoms with E-state index >= 15 is 0 Å². The van der Waals surface area contributed by atoms with Gasteiger partial charge in [0.05, 0.1) is 19.8 Å². The van der Waals surface area contributed by atoms with Crippen molar-refractivity contribution >= 4 is 5.78 Å². The summed E-state index contributed by atoms with van der Waals surface area (Å²) >= 11 is 0. The lowest BCUT2D eigenvalue weighted by molar-refractivity contribution is -0.124. The summed E-state index contributed by atoms with van der Waals surface area (Å²) in [7, 11) is 1.65. The molecule has 0 radical (unpaired) electrons. The summed E-state index contributed by atoms with van der Waals surface area (Å²) in [6.07, 6.45) is 3.38. The van der Waals surface area contributed by atoms with Crippen molar-refractivity contribution < 1.29 is 14.3 Å². The molecule has 0 spiro atoms. The Morgan fingerprint density at radius 2 is 2.06 bits per heavy atom. The summed E-state index contributed by atoms with van der Waals surface area (Å²) in [5.74, 6) is 1.18. The molecule has 0 N–H and O–H groups in total. The van der Waals surface area contributed by atoms with Gasteiger partial charge in [-0.3, -0.25) is 4.79 Å². The molecule has 1 saturated carbocycles. The van der Waals surface area contributed by atoms with E-state index in [0.717, 1.165) is 30.6 Å². The summed E-state index contributed by atoms with van der Waals surface area (Å²) in [5.41, 5.74) is 1.11. The van der Waals surface area contributed by atoms with Gasteiger partial charge in [-0.1, -0.05) is 12.1 Å². The molecule has 1 atom stereocenters. The zero-order valence-electron chi connectivity index (χ0n) is 10.1. The van der Waals surface area contributed by atoms with Crippen molar-refractivity contribution in [2.24, 2.45) is 0 Å². The smallest absolute Gasteiger partial charge is 0.135 e. The van der Waals surface area contributed by atoms with Crippen LogP contribution >= 0.6 is 0 Å². The molecule has 17 heavy (non-hydrogen) atoms. The van der Waals surface area contributed by atoms with Crippen LogP contribution in [-0.2, 0) is 16.1 Å². The summed E-state index contributed by atoms with van der Waals surface area (Å²) < 4.78 is 10.8. The van der Waals surface area contributed by atoms with Gasteiger partial charge in [-0.05, 0) is 30.5 Å². The minimum absolute atomic E-state index is 0.110. The SMILES string of the molecule is COc1ccc(COC2CCCC(=O)C2)cc1. The van der Waals surface area contributed by atoms with Gasteiger partial charge in [0.25, 0.3) is 0 Å². The summed E-state index contributed by atoms with van der Waals surface area (Å²) in [4.78, 5) is 11.3. The fourth-order valence-electron chi connectivity index (χ4n) is 2.06. The number of methoxy groups -OCH3 is 1. The average molecular weight is 234 g/mol. The van der Waals surface area contributed by atoms with Crippen LogP contribution in [-0.4, -0.2) is 19.0 Å². The van der Waals surface area contributed by atoms with Crippen LogP contribution in [0.25, 0.3) is 0 Å². The van der Waals surface area contributed by atoms with E-state index in [1.807, 2.05) is 24.3 Å². The highest BCUT2D eigenvalue weighted by atomic mass is 16.5. The predicted octanol–water partition coefficient (Wildman–Crippen LogP) is 2.72. The number of Topliss-reactive ketones (excluding diaryl/α,β-unsaturated/α-hetero) is 1. The van der Waals surface area contributed by atoms with Gasteiger partial charge in [-0.2, -0.15) is 0 Å². The maximum absolute atomic E-state index is 11.3. The molecule has 1 aromatic carbocycles. The Kier molecular flexibility index (Phi) is 4.15. The molecule has 0 aliphatic heterocycles. The molecule has 0 aromatic heterocycles. The van der Waals surface area contributed by atoms with Gasteiger partial charge in [0.2, 0.25) is 0 Å². The van der Waals surface area contributed by atoms with Crippen molar-refractivity contribution in [3.05, 3.63) is 29.8 Å². The number of benzene rings is 1. The van der Waals surface area contributed by atoms with Crippen molar-refractivity contribution in [3.8, 4) is 5.75 Å². The van der Waals surface area contributed by atoms with Crippen LogP contribution < -0.4 is 4.74 Å². The molecule has 0 amide bonds. The van der Waals surface area contributed by atoms with Crippen molar-refractivity contribution in [2.45, 2.75) is 38.4 Å². The molecule has 2 rings (SSSR count). The Bertz CT molecular complexity index is 370. The molecule has 0 bridgehead atoms. The zero-order valence-corrected chi connectivity index (χ0v) is 10.1. The molecule has 1 aromatic rings. The standard InChI is InChI=1S/C14H18O3/c1-16-13-7-5-11(6-8-13)10-17-14-4-2-3-12(15)9-14/h5-8,14H,2-4,9-10H2,1H3. The molecule has 1 fully saturated rings. The average Bonchev–Trinajstić information content (AvgIpc) is 2.37. The first-order valence-electron chi connectivity index (χ1n) is 6.04. The maximum Gasteiger partial charge on any atom is 0.135 e. The minimum Gasteiger partial charge on any atom is -0.497 e. The zero-order chi connectivity index (χ0) is 12.1. The first kappa shape index (κ1) is 12.1. The van der Waals surface area contributed by atoms with Gasteiger partial charge < -0.3 is 9.47 Å². The Morgan fingerprint density at radius 1 is 1.29 bits per heavy atom. The van der Waals surface area contributed by atoms with Gasteiger partial charge in [-0.15, -0.1) is 0 Å². The number of hydrogen-bond donors (Lipinski definition) is 0. The second-order valence-electron chi connectivity index (χ2n) is 4.42. The van der Waals surface area contributed by atoms with Gasteiger partial charge in [0.1, 0.15) is 11.5 Å². The van der Waals surface area contributed by atoms with Crippen LogP contribution in [0.1, 0.15) is 31.2 Å². The van der Waals surface area contributed by atoms with Crippen LogP contribution in [0.15, 0.2) is 24.3 Å². The Morgan fingerprint density at radius 3 is 2.71 bits per heavy atom. The third-order valence-corrected chi connectivity index (χ3v) is 3.08. The quantitative estimate of drug-likeness (QED) is 0.803. The highest BCUT2D eigenvalue weighted by molar-refractivity contribution is 5.79. The molecule has 3 heteroatoms. The molecule has 1 unspecified atom stereocenters. The fraction of sp³-hybridized carbons (Fsp3) is 0.500. The molecule has 1 aliphatic rings. The van der Waals surface area contributed by atoms with Crippen molar-refractivity contribution in [1.29, 1.82) is 0 Å². The van der Waals surface area contributed by atoms with E-state index in [4.69, 9.17) is 9.47 Å². The monoisotopic (exact) mass is 234 g/mol. The van der Waals surface area contributed by atoms with Crippen molar-refractivity contribution in [1.82, 2.24) is 0 Å². The van der Waals surface area contributed by atoms with E-state index in [0.29, 0.717) is 18.8 Å². The second-order valence-corrected chi connectivity index (χ2v) is 4.42. The maximum atomic E-state index is 11.3. The van der Waals surface area contributed by atoms with Crippen molar-refractivity contribution in [3.63, 3.8) is 0 Å².